The summed E-state index contributed by atoms with van der Waals surface area (Å²) in [7, 11) is 0. The van der Waals surface area contributed by atoms with Gasteiger partial charge in [0.1, 0.15) is 16.7 Å². The lowest BCUT2D eigenvalue weighted by molar-refractivity contribution is -0.137. The zero-order valence-electron chi connectivity index (χ0n) is 26.1. The van der Waals surface area contributed by atoms with E-state index in [1.165, 1.54) is 21.6 Å². The molecule has 0 aliphatic carbocycles. The molecule has 234 valence electrons. The number of aromatic nitrogens is 1. The predicted molar refractivity (Wildman–Crippen MR) is 171 cm³/mol. The van der Waals surface area contributed by atoms with Gasteiger partial charge >= 0.3 is 12.1 Å². The average Bonchev–Trinajstić information content (AvgIpc) is 3.02. The van der Waals surface area contributed by atoms with Gasteiger partial charge in [0.25, 0.3) is 0 Å². The third kappa shape index (κ3) is 8.39. The molecule has 9 nitrogen and oxygen atoms in total. The molecule has 4 rings (SSSR count). The van der Waals surface area contributed by atoms with Crippen LogP contribution in [0.5, 0.6) is 0 Å². The maximum absolute atomic E-state index is 14.1. The van der Waals surface area contributed by atoms with Crippen molar-refractivity contribution < 1.29 is 23.9 Å². The monoisotopic (exact) mass is 618 g/mol. The molecule has 3 aromatic rings. The van der Waals surface area contributed by atoms with E-state index in [2.05, 4.69) is 58.4 Å². The van der Waals surface area contributed by atoms with Gasteiger partial charge in [0.05, 0.1) is 18.2 Å². The molecule has 1 saturated heterocycles. The Balaban J connectivity index is 1.56. The van der Waals surface area contributed by atoms with Gasteiger partial charge in [-0.05, 0) is 57.4 Å². The van der Waals surface area contributed by atoms with Crippen molar-refractivity contribution in [3.63, 3.8) is 0 Å². The molecule has 44 heavy (non-hydrogen) atoms. The van der Waals surface area contributed by atoms with Crippen LogP contribution in [-0.4, -0.2) is 81.5 Å². The fraction of sp³-hybridized carbons (Fsp3) is 0.412. The Morgan fingerprint density at radius 1 is 0.886 bits per heavy atom. The first-order valence-electron chi connectivity index (χ1n) is 15.1. The predicted octanol–water partition coefficient (Wildman–Crippen LogP) is 6.21. The van der Waals surface area contributed by atoms with Gasteiger partial charge in [-0.15, -0.1) is 0 Å². The minimum atomic E-state index is -0.836. The molecule has 10 heteroatoms. The second-order valence-corrected chi connectivity index (χ2v) is 12.4. The minimum absolute atomic E-state index is 0.0656. The van der Waals surface area contributed by atoms with Crippen LogP contribution in [0.25, 0.3) is 0 Å². The number of amides is 2. The lowest BCUT2D eigenvalue weighted by Gasteiger charge is -2.41. The Hall–Kier alpha value is -3.89. The highest BCUT2D eigenvalue weighted by Gasteiger charge is 2.38. The smallest absolute Gasteiger partial charge is 0.421 e. The highest BCUT2D eigenvalue weighted by atomic mass is 32.2. The summed E-state index contributed by atoms with van der Waals surface area (Å²) in [6, 6.07) is 23.2. The van der Waals surface area contributed by atoms with E-state index in [0.29, 0.717) is 32.6 Å². The zero-order chi connectivity index (χ0) is 31.7. The molecule has 0 saturated carbocycles. The quantitative estimate of drug-likeness (QED) is 0.196. The van der Waals surface area contributed by atoms with Crippen molar-refractivity contribution in [2.24, 2.45) is 0 Å². The number of ether oxygens (including phenoxy) is 2. The van der Waals surface area contributed by atoms with E-state index in [1.807, 2.05) is 24.0 Å². The molecular formula is C34H42N4O5S. The van der Waals surface area contributed by atoms with Crippen LogP contribution in [0.1, 0.15) is 68.6 Å². The Kier molecular flexibility index (Phi) is 11.4. The molecule has 1 aliphatic rings. The highest BCUT2D eigenvalue weighted by Crippen LogP contribution is 2.32. The number of pyridine rings is 1. The second-order valence-electron chi connectivity index (χ2n) is 11.5. The molecule has 2 aromatic carbocycles. The van der Waals surface area contributed by atoms with Gasteiger partial charge in [-0.25, -0.2) is 18.9 Å². The largest absolute Gasteiger partial charge is 0.462 e. The van der Waals surface area contributed by atoms with Gasteiger partial charge < -0.3 is 14.4 Å². The Morgan fingerprint density at radius 2 is 1.48 bits per heavy atom. The number of esters is 1. The highest BCUT2D eigenvalue weighted by molar-refractivity contribution is 7.97. The lowest BCUT2D eigenvalue weighted by Crippen LogP contribution is -2.55. The summed E-state index contributed by atoms with van der Waals surface area (Å²) in [5, 5.41) is 0.265. The van der Waals surface area contributed by atoms with E-state index in [9.17, 15) is 14.4 Å². The van der Waals surface area contributed by atoms with Crippen molar-refractivity contribution >= 4 is 29.9 Å². The Bertz CT molecular complexity index is 1350. The number of hydrogen-bond donors (Lipinski definition) is 0. The molecule has 1 aromatic heterocycles. The van der Waals surface area contributed by atoms with Gasteiger partial charge in [-0.3, -0.25) is 9.69 Å². The number of carbonyl (C=O) groups excluding carboxylic acids is 3. The van der Waals surface area contributed by atoms with Crippen LogP contribution in [-0.2, 0) is 14.3 Å². The summed E-state index contributed by atoms with van der Waals surface area (Å²) in [4.78, 5) is 48.9. The van der Waals surface area contributed by atoms with Gasteiger partial charge in [-0.2, -0.15) is 0 Å². The number of carbonyl (C=O) groups is 3. The second kappa shape index (κ2) is 15.2. The topological polar surface area (TPSA) is 92.3 Å². The first-order valence-corrected chi connectivity index (χ1v) is 15.8. The number of nitrogens with zero attached hydrogens (tertiary/aromatic N) is 4. The van der Waals surface area contributed by atoms with E-state index < -0.39 is 23.7 Å². The number of benzene rings is 2. The van der Waals surface area contributed by atoms with Crippen molar-refractivity contribution in [1.29, 1.82) is 0 Å². The Labute approximate surface area is 264 Å². The first-order chi connectivity index (χ1) is 21.1. The van der Waals surface area contributed by atoms with Crippen LogP contribution in [0.2, 0.25) is 0 Å². The van der Waals surface area contributed by atoms with Crippen LogP contribution < -0.4 is 0 Å². The van der Waals surface area contributed by atoms with Gasteiger partial charge in [0, 0.05) is 44.3 Å². The maximum Gasteiger partial charge on any atom is 0.421 e. The number of rotatable bonds is 10. The first kappa shape index (κ1) is 33.0. The SMILES string of the molecule is CCOC(=O)c1cccnc1SN(C(=O)OC(C)(C)C)[C@@H](CC)C(=O)N1CCN(C(c2ccccc2)c2ccccc2)CC1. The summed E-state index contributed by atoms with van der Waals surface area (Å²) in [5.74, 6) is -0.718. The van der Waals surface area contributed by atoms with Crippen LogP contribution >= 0.6 is 11.9 Å². The third-order valence-electron chi connectivity index (χ3n) is 7.20. The standard InChI is InChI=1S/C34H42N4O5S/c1-6-28(38(33(41)43-34(3,4)5)44-30-27(19-14-20-35-30)32(40)42-7-2)31(39)37-23-21-36(22-24-37)29(25-15-10-8-11-16-25)26-17-12-9-13-18-26/h8-20,28-29H,6-7,21-24H2,1-5H3/t28-/m0/s1. The summed E-state index contributed by atoms with van der Waals surface area (Å²) in [6.45, 7) is 11.5. The van der Waals surface area contributed by atoms with E-state index in [4.69, 9.17) is 9.47 Å². The summed E-state index contributed by atoms with van der Waals surface area (Å²) in [6.07, 6.45) is 1.22. The summed E-state index contributed by atoms with van der Waals surface area (Å²) >= 11 is 0.932. The normalized spacial score (nSPS) is 14.6. The summed E-state index contributed by atoms with van der Waals surface area (Å²) in [5.41, 5.74) is 1.83. The number of piperazine rings is 1. The van der Waals surface area contributed by atoms with Crippen molar-refractivity contribution in [3.05, 3.63) is 95.7 Å². The van der Waals surface area contributed by atoms with Crippen LogP contribution in [0, 0.1) is 0 Å². The molecule has 0 radical (unpaired) electrons. The molecule has 0 N–H and O–H groups in total. The number of hydrogen-bond acceptors (Lipinski definition) is 8. The lowest BCUT2D eigenvalue weighted by atomic mass is 9.96. The van der Waals surface area contributed by atoms with Crippen LogP contribution in [0.4, 0.5) is 4.79 Å². The van der Waals surface area contributed by atoms with E-state index in [-0.39, 0.29) is 29.1 Å². The van der Waals surface area contributed by atoms with Gasteiger partial charge in [0.15, 0.2) is 0 Å². The van der Waals surface area contributed by atoms with Crippen molar-refractivity contribution in [1.82, 2.24) is 19.1 Å². The van der Waals surface area contributed by atoms with Crippen molar-refractivity contribution in [2.75, 3.05) is 32.8 Å². The van der Waals surface area contributed by atoms with E-state index in [1.54, 1.807) is 39.8 Å². The van der Waals surface area contributed by atoms with Crippen molar-refractivity contribution in [3.8, 4) is 0 Å². The fourth-order valence-electron chi connectivity index (χ4n) is 5.19. The molecule has 0 bridgehead atoms. The fourth-order valence-corrected chi connectivity index (χ4v) is 6.22. The summed E-state index contributed by atoms with van der Waals surface area (Å²) < 4.78 is 12.3. The molecule has 1 fully saturated rings. The molecule has 0 spiro atoms. The third-order valence-corrected chi connectivity index (χ3v) is 8.30. The molecule has 0 unspecified atom stereocenters. The molecule has 1 atom stereocenters. The van der Waals surface area contributed by atoms with Gasteiger partial charge in [-0.1, -0.05) is 67.6 Å². The average molecular weight is 619 g/mol. The zero-order valence-corrected chi connectivity index (χ0v) is 27.0. The van der Waals surface area contributed by atoms with Crippen molar-refractivity contribution in [2.45, 2.75) is 63.8 Å². The molecule has 2 heterocycles. The molecule has 2 amide bonds. The molecular weight excluding hydrogens is 576 g/mol. The van der Waals surface area contributed by atoms with E-state index in [0.717, 1.165) is 11.9 Å². The van der Waals surface area contributed by atoms with Gasteiger partial charge in [0.2, 0.25) is 5.91 Å². The van der Waals surface area contributed by atoms with E-state index >= 15 is 0 Å². The Morgan fingerprint density at radius 3 is 2.00 bits per heavy atom. The van der Waals surface area contributed by atoms with Crippen LogP contribution in [0.3, 0.4) is 0 Å². The molecule has 1 aliphatic heterocycles. The maximum atomic E-state index is 14.1. The van der Waals surface area contributed by atoms with Crippen LogP contribution in [0.15, 0.2) is 84.0 Å². The minimum Gasteiger partial charge on any atom is -0.462 e.